The molecule has 1 aromatic rings. The highest BCUT2D eigenvalue weighted by Crippen LogP contribution is 2.17. The van der Waals surface area contributed by atoms with Gasteiger partial charge in [-0.1, -0.05) is 6.92 Å². The Hall–Kier alpha value is -1.09. The number of hydrogen-bond donors (Lipinski definition) is 1. The van der Waals surface area contributed by atoms with Crippen molar-refractivity contribution in [1.82, 2.24) is 5.32 Å². The highest BCUT2D eigenvalue weighted by atomic mass is 19.1. The molecule has 16 heavy (non-hydrogen) atoms. The molecule has 0 saturated carbocycles. The molecule has 0 atom stereocenters. The molecule has 0 heterocycles. The Kier molecular flexibility index (Phi) is 5.26. The summed E-state index contributed by atoms with van der Waals surface area (Å²) in [6.07, 6.45) is 1.14. The maximum absolute atomic E-state index is 13.3. The predicted octanol–water partition coefficient (Wildman–Crippen LogP) is 3.11. The van der Waals surface area contributed by atoms with Crippen LogP contribution >= 0.6 is 0 Å². The summed E-state index contributed by atoms with van der Waals surface area (Å²) in [5, 5.41) is 3.24. The quantitative estimate of drug-likeness (QED) is 0.751. The molecule has 90 valence electrons. The standard InChI is InChI=1S/C13H20FNO/c1-4-5-15-9-11-6-12(14)8-13(7-11)16-10(2)3/h6-8,10,15H,4-5,9H2,1-3H3. The fourth-order valence-electron chi connectivity index (χ4n) is 1.47. The number of rotatable bonds is 6. The normalized spacial score (nSPS) is 10.8. The van der Waals surface area contributed by atoms with E-state index in [1.54, 1.807) is 0 Å². The number of halogens is 1. The van der Waals surface area contributed by atoms with Gasteiger partial charge >= 0.3 is 0 Å². The minimum atomic E-state index is -0.244. The fourth-order valence-corrected chi connectivity index (χ4v) is 1.47. The third-order valence-corrected chi connectivity index (χ3v) is 2.06. The summed E-state index contributed by atoms with van der Waals surface area (Å²) in [5.41, 5.74) is 0.920. The van der Waals surface area contributed by atoms with Gasteiger partial charge in [0.1, 0.15) is 11.6 Å². The number of nitrogens with one attached hydrogen (secondary N) is 1. The lowest BCUT2D eigenvalue weighted by molar-refractivity contribution is 0.241. The highest BCUT2D eigenvalue weighted by Gasteiger charge is 2.03. The minimum absolute atomic E-state index is 0.0678. The summed E-state index contributed by atoms with van der Waals surface area (Å²) in [4.78, 5) is 0. The molecule has 0 fully saturated rings. The number of ether oxygens (including phenoxy) is 1. The van der Waals surface area contributed by atoms with E-state index in [0.29, 0.717) is 12.3 Å². The van der Waals surface area contributed by atoms with Crippen molar-refractivity contribution < 1.29 is 9.13 Å². The Morgan fingerprint density at radius 1 is 1.31 bits per heavy atom. The molecule has 0 aromatic heterocycles. The third kappa shape index (κ3) is 4.62. The van der Waals surface area contributed by atoms with E-state index in [1.165, 1.54) is 12.1 Å². The van der Waals surface area contributed by atoms with Crippen molar-refractivity contribution in [2.75, 3.05) is 6.54 Å². The van der Waals surface area contributed by atoms with Crippen molar-refractivity contribution in [3.8, 4) is 5.75 Å². The summed E-state index contributed by atoms with van der Waals surface area (Å²) < 4.78 is 18.8. The maximum atomic E-state index is 13.3. The maximum Gasteiger partial charge on any atom is 0.127 e. The van der Waals surface area contributed by atoms with E-state index in [0.717, 1.165) is 18.5 Å². The smallest absolute Gasteiger partial charge is 0.127 e. The van der Waals surface area contributed by atoms with Crippen molar-refractivity contribution >= 4 is 0 Å². The third-order valence-electron chi connectivity index (χ3n) is 2.06. The monoisotopic (exact) mass is 225 g/mol. The molecule has 0 bridgehead atoms. The van der Waals surface area contributed by atoms with Crippen LogP contribution in [0, 0.1) is 5.82 Å². The van der Waals surface area contributed by atoms with Gasteiger partial charge in [0.15, 0.2) is 0 Å². The van der Waals surface area contributed by atoms with E-state index in [2.05, 4.69) is 12.2 Å². The van der Waals surface area contributed by atoms with E-state index in [9.17, 15) is 4.39 Å². The van der Waals surface area contributed by atoms with Crippen molar-refractivity contribution in [3.63, 3.8) is 0 Å². The molecule has 0 saturated heterocycles. The van der Waals surface area contributed by atoms with Crippen LogP contribution in [-0.2, 0) is 6.54 Å². The van der Waals surface area contributed by atoms with E-state index in [-0.39, 0.29) is 11.9 Å². The van der Waals surface area contributed by atoms with Crippen LogP contribution in [0.5, 0.6) is 5.75 Å². The van der Waals surface area contributed by atoms with Crippen LogP contribution in [0.25, 0.3) is 0 Å². The zero-order chi connectivity index (χ0) is 12.0. The van der Waals surface area contributed by atoms with Crippen molar-refractivity contribution in [1.29, 1.82) is 0 Å². The van der Waals surface area contributed by atoms with Crippen molar-refractivity contribution in [3.05, 3.63) is 29.6 Å². The van der Waals surface area contributed by atoms with Crippen molar-refractivity contribution in [2.45, 2.75) is 39.8 Å². The van der Waals surface area contributed by atoms with E-state index >= 15 is 0 Å². The van der Waals surface area contributed by atoms with E-state index in [1.807, 2.05) is 19.9 Å². The first-order chi connectivity index (χ1) is 7.61. The molecular formula is C13H20FNO. The number of hydrogen-bond acceptors (Lipinski definition) is 2. The summed E-state index contributed by atoms with van der Waals surface area (Å²) in [6.45, 7) is 7.59. The van der Waals surface area contributed by atoms with Gasteiger partial charge in [-0.05, 0) is 44.5 Å². The topological polar surface area (TPSA) is 21.3 Å². The van der Waals surface area contributed by atoms with Crippen LogP contribution in [0.3, 0.4) is 0 Å². The molecule has 0 aliphatic carbocycles. The molecule has 1 N–H and O–H groups in total. The zero-order valence-corrected chi connectivity index (χ0v) is 10.2. The number of benzene rings is 1. The second-order valence-corrected chi connectivity index (χ2v) is 4.14. The van der Waals surface area contributed by atoms with E-state index < -0.39 is 0 Å². The molecule has 0 aliphatic heterocycles. The minimum Gasteiger partial charge on any atom is -0.491 e. The van der Waals surface area contributed by atoms with Gasteiger partial charge in [0.2, 0.25) is 0 Å². The summed E-state index contributed by atoms with van der Waals surface area (Å²) >= 11 is 0. The van der Waals surface area contributed by atoms with Gasteiger partial charge in [0.25, 0.3) is 0 Å². The first-order valence-corrected chi connectivity index (χ1v) is 5.78. The molecule has 0 unspecified atom stereocenters. The van der Waals surface area contributed by atoms with Gasteiger partial charge in [0, 0.05) is 12.6 Å². The Morgan fingerprint density at radius 2 is 2.06 bits per heavy atom. The molecule has 3 heteroatoms. The average molecular weight is 225 g/mol. The van der Waals surface area contributed by atoms with Gasteiger partial charge < -0.3 is 10.1 Å². The Morgan fingerprint density at radius 3 is 2.69 bits per heavy atom. The molecular weight excluding hydrogens is 205 g/mol. The molecule has 0 aliphatic rings. The summed E-state index contributed by atoms with van der Waals surface area (Å²) in [6, 6.07) is 4.84. The van der Waals surface area contributed by atoms with Gasteiger partial charge in [0.05, 0.1) is 6.10 Å². The Bertz CT molecular complexity index is 326. The molecule has 0 spiro atoms. The lowest BCUT2D eigenvalue weighted by atomic mass is 10.2. The lowest BCUT2D eigenvalue weighted by Crippen LogP contribution is -2.14. The Labute approximate surface area is 96.8 Å². The predicted molar refractivity (Wildman–Crippen MR) is 64.2 cm³/mol. The second-order valence-electron chi connectivity index (χ2n) is 4.14. The zero-order valence-electron chi connectivity index (χ0n) is 10.2. The fraction of sp³-hybridized carbons (Fsp3) is 0.538. The lowest BCUT2D eigenvalue weighted by Gasteiger charge is -2.11. The van der Waals surface area contributed by atoms with Crippen LogP contribution in [0.4, 0.5) is 4.39 Å². The summed E-state index contributed by atoms with van der Waals surface area (Å²) in [7, 11) is 0. The second kappa shape index (κ2) is 6.48. The van der Waals surface area contributed by atoms with Crippen LogP contribution in [0.15, 0.2) is 18.2 Å². The molecule has 2 nitrogen and oxygen atoms in total. The van der Waals surface area contributed by atoms with Crippen LogP contribution < -0.4 is 10.1 Å². The largest absolute Gasteiger partial charge is 0.491 e. The molecule has 0 radical (unpaired) electrons. The molecule has 1 aromatic carbocycles. The van der Waals surface area contributed by atoms with E-state index in [4.69, 9.17) is 4.74 Å². The van der Waals surface area contributed by atoms with Crippen LogP contribution in [-0.4, -0.2) is 12.6 Å². The average Bonchev–Trinajstić information content (AvgIpc) is 2.16. The van der Waals surface area contributed by atoms with Gasteiger partial charge in [-0.15, -0.1) is 0 Å². The highest BCUT2D eigenvalue weighted by molar-refractivity contribution is 5.29. The van der Waals surface area contributed by atoms with Gasteiger partial charge in [-0.2, -0.15) is 0 Å². The van der Waals surface area contributed by atoms with Crippen molar-refractivity contribution in [2.24, 2.45) is 0 Å². The van der Waals surface area contributed by atoms with Crippen LogP contribution in [0.1, 0.15) is 32.8 Å². The SMILES string of the molecule is CCCNCc1cc(F)cc(OC(C)C)c1. The first-order valence-electron chi connectivity index (χ1n) is 5.78. The molecule has 0 amide bonds. The summed E-state index contributed by atoms with van der Waals surface area (Å²) in [5.74, 6) is 0.356. The Balaban J connectivity index is 2.65. The van der Waals surface area contributed by atoms with Gasteiger partial charge in [-0.3, -0.25) is 0 Å². The van der Waals surface area contributed by atoms with Gasteiger partial charge in [-0.25, -0.2) is 4.39 Å². The first kappa shape index (κ1) is 13.0. The van der Waals surface area contributed by atoms with Crippen LogP contribution in [0.2, 0.25) is 0 Å². The molecule has 1 rings (SSSR count).